The summed E-state index contributed by atoms with van der Waals surface area (Å²) in [6.45, 7) is 2.82. The number of benzene rings is 1. The van der Waals surface area contributed by atoms with E-state index in [-0.39, 0.29) is 24.0 Å². The van der Waals surface area contributed by atoms with Gasteiger partial charge in [-0.2, -0.15) is 0 Å². The summed E-state index contributed by atoms with van der Waals surface area (Å²) in [6.07, 6.45) is 4.39. The van der Waals surface area contributed by atoms with Gasteiger partial charge in [-0.05, 0) is 55.7 Å². The Kier molecular flexibility index (Phi) is 7.88. The minimum Gasteiger partial charge on any atom is -0.490 e. The van der Waals surface area contributed by atoms with Crippen molar-refractivity contribution in [2.75, 3.05) is 25.4 Å². The molecule has 1 aromatic carbocycles. The van der Waals surface area contributed by atoms with E-state index in [1.165, 1.54) is 11.0 Å². The fourth-order valence-electron chi connectivity index (χ4n) is 3.44. The average molecular weight is 456 g/mol. The van der Waals surface area contributed by atoms with Crippen molar-refractivity contribution in [1.82, 2.24) is 14.9 Å². The van der Waals surface area contributed by atoms with E-state index in [0.29, 0.717) is 50.3 Å². The monoisotopic (exact) mass is 455 g/mol. The lowest BCUT2D eigenvalue weighted by atomic mass is 10.1. The zero-order chi connectivity index (χ0) is 22.4. The van der Waals surface area contributed by atoms with Crippen LogP contribution >= 0.6 is 0 Å². The van der Waals surface area contributed by atoms with Crippen molar-refractivity contribution < 1.29 is 27.1 Å². The highest BCUT2D eigenvalue weighted by Gasteiger charge is 2.26. The van der Waals surface area contributed by atoms with E-state index in [1.807, 2.05) is 6.92 Å². The minimum atomic E-state index is -3.53. The van der Waals surface area contributed by atoms with Crippen LogP contribution in [0.3, 0.4) is 0 Å². The van der Waals surface area contributed by atoms with Crippen molar-refractivity contribution in [1.29, 1.82) is 0 Å². The lowest BCUT2D eigenvalue weighted by Crippen LogP contribution is -2.31. The third kappa shape index (κ3) is 7.17. The fourth-order valence-corrected chi connectivity index (χ4v) is 4.88. The number of imide groups is 1. The largest absolute Gasteiger partial charge is 0.490 e. The maximum absolute atomic E-state index is 14.0. The molecule has 0 bridgehead atoms. The number of urea groups is 1. The highest BCUT2D eigenvalue weighted by molar-refractivity contribution is 7.89. The average Bonchev–Trinajstić information content (AvgIpc) is 3.49. The summed E-state index contributed by atoms with van der Waals surface area (Å²) in [6, 6.07) is 3.61. The summed E-state index contributed by atoms with van der Waals surface area (Å²) in [4.78, 5) is 24.0. The van der Waals surface area contributed by atoms with Gasteiger partial charge in [0.25, 0.3) is 0 Å². The number of hydrogen-bond acceptors (Lipinski definition) is 5. The Labute approximate surface area is 182 Å². The molecule has 1 aliphatic carbocycles. The smallest absolute Gasteiger partial charge is 0.324 e. The van der Waals surface area contributed by atoms with Crippen molar-refractivity contribution in [3.8, 4) is 5.75 Å². The number of sulfonamides is 1. The van der Waals surface area contributed by atoms with Gasteiger partial charge in [-0.3, -0.25) is 10.1 Å². The first-order valence-corrected chi connectivity index (χ1v) is 12.4. The molecule has 0 spiro atoms. The second kappa shape index (κ2) is 10.4. The number of carbonyl (C=O) groups excluding carboxylic acids is 2. The van der Waals surface area contributed by atoms with Crippen molar-refractivity contribution in [3.05, 3.63) is 29.6 Å². The summed E-state index contributed by atoms with van der Waals surface area (Å²) in [7, 11) is -3.53. The molecule has 1 aliphatic heterocycles. The van der Waals surface area contributed by atoms with Crippen LogP contribution < -0.4 is 14.8 Å². The van der Waals surface area contributed by atoms with Gasteiger partial charge in [0.1, 0.15) is 6.54 Å². The standard InChI is InChI=1S/C21H30FN3O5S/c1-2-18(16-8-9-17(22)19(12-16)30-14-15-6-7-15)24-31(28,29)11-5-3-4-10-25-13-20(26)23-21(25)27/h8-9,12,15,18,24H,2-7,10-11,13-14H2,1H3,(H,23,26,27)/t18-/m1/s1. The number of ether oxygens (including phenoxy) is 1. The summed E-state index contributed by atoms with van der Waals surface area (Å²) in [5, 5.41) is 2.21. The Morgan fingerprint density at radius 2 is 2.03 bits per heavy atom. The van der Waals surface area contributed by atoms with Gasteiger partial charge in [-0.25, -0.2) is 22.3 Å². The van der Waals surface area contributed by atoms with Crippen molar-refractivity contribution in [2.24, 2.45) is 5.92 Å². The van der Waals surface area contributed by atoms with E-state index >= 15 is 0 Å². The zero-order valence-corrected chi connectivity index (χ0v) is 18.5. The van der Waals surface area contributed by atoms with Crippen LogP contribution in [0, 0.1) is 11.7 Å². The minimum absolute atomic E-state index is 0.0408. The Balaban J connectivity index is 1.46. The number of carbonyl (C=O) groups is 2. The van der Waals surface area contributed by atoms with Crippen LogP contribution in [0.1, 0.15) is 57.1 Å². The molecule has 2 N–H and O–H groups in total. The Hall–Kier alpha value is -2.20. The maximum atomic E-state index is 14.0. The van der Waals surface area contributed by atoms with Gasteiger partial charge >= 0.3 is 6.03 Å². The van der Waals surface area contributed by atoms with E-state index in [4.69, 9.17) is 4.74 Å². The number of hydrogen-bond donors (Lipinski definition) is 2. The third-order valence-electron chi connectivity index (χ3n) is 5.47. The molecule has 2 aliphatic rings. The van der Waals surface area contributed by atoms with Crippen LogP contribution in [-0.2, 0) is 14.8 Å². The molecular formula is C21H30FN3O5S. The number of unbranched alkanes of at least 4 members (excludes halogenated alkanes) is 2. The Morgan fingerprint density at radius 3 is 2.68 bits per heavy atom. The molecular weight excluding hydrogens is 425 g/mol. The first kappa shape index (κ1) is 23.5. The molecule has 1 atom stereocenters. The van der Waals surface area contributed by atoms with Gasteiger partial charge in [0.05, 0.1) is 12.4 Å². The van der Waals surface area contributed by atoms with Crippen molar-refractivity contribution in [3.63, 3.8) is 0 Å². The maximum Gasteiger partial charge on any atom is 0.324 e. The highest BCUT2D eigenvalue weighted by Crippen LogP contribution is 2.31. The van der Waals surface area contributed by atoms with Crippen molar-refractivity contribution in [2.45, 2.75) is 51.5 Å². The first-order valence-electron chi connectivity index (χ1n) is 10.8. The number of nitrogens with one attached hydrogen (secondary N) is 2. The molecule has 0 aromatic heterocycles. The molecule has 1 saturated carbocycles. The van der Waals surface area contributed by atoms with Gasteiger partial charge in [0.15, 0.2) is 11.6 Å². The highest BCUT2D eigenvalue weighted by atomic mass is 32.2. The number of halogens is 1. The summed E-state index contributed by atoms with van der Waals surface area (Å²) in [5.41, 5.74) is 0.669. The van der Waals surface area contributed by atoms with Gasteiger partial charge in [0.2, 0.25) is 15.9 Å². The Morgan fingerprint density at radius 1 is 1.26 bits per heavy atom. The topological polar surface area (TPSA) is 105 Å². The molecule has 3 rings (SSSR count). The molecule has 1 saturated heterocycles. The van der Waals surface area contributed by atoms with Gasteiger partial charge < -0.3 is 9.64 Å². The van der Waals surface area contributed by atoms with Crippen LogP contribution in [0.25, 0.3) is 0 Å². The summed E-state index contributed by atoms with van der Waals surface area (Å²) >= 11 is 0. The van der Waals surface area contributed by atoms with Gasteiger partial charge in [-0.15, -0.1) is 0 Å². The van der Waals surface area contributed by atoms with E-state index in [0.717, 1.165) is 12.8 Å². The summed E-state index contributed by atoms with van der Waals surface area (Å²) in [5.74, 6) is -0.156. The van der Waals surface area contributed by atoms with Crippen LogP contribution in [0.15, 0.2) is 18.2 Å². The SMILES string of the molecule is CC[C@@H](NS(=O)(=O)CCCCCN1CC(=O)NC1=O)c1ccc(F)c(OCC2CC2)c1. The second-order valence-electron chi connectivity index (χ2n) is 8.18. The van der Waals surface area contributed by atoms with Crippen LogP contribution in [0.4, 0.5) is 9.18 Å². The number of nitrogens with zero attached hydrogens (tertiary/aromatic N) is 1. The molecule has 1 heterocycles. The van der Waals surface area contributed by atoms with Gasteiger partial charge in [-0.1, -0.05) is 19.4 Å². The lowest BCUT2D eigenvalue weighted by Gasteiger charge is -2.19. The predicted octanol–water partition coefficient (Wildman–Crippen LogP) is 2.71. The van der Waals surface area contributed by atoms with E-state index < -0.39 is 27.9 Å². The molecule has 31 heavy (non-hydrogen) atoms. The molecule has 10 heteroatoms. The molecule has 1 aromatic rings. The normalized spacial score (nSPS) is 17.7. The second-order valence-corrected chi connectivity index (χ2v) is 10.1. The van der Waals surface area contributed by atoms with E-state index in [2.05, 4.69) is 10.0 Å². The van der Waals surface area contributed by atoms with E-state index in [1.54, 1.807) is 12.1 Å². The number of amides is 3. The summed E-state index contributed by atoms with van der Waals surface area (Å²) < 4.78 is 47.4. The first-order chi connectivity index (χ1) is 14.8. The fraction of sp³-hybridized carbons (Fsp3) is 0.619. The van der Waals surface area contributed by atoms with Crippen LogP contribution in [-0.4, -0.2) is 50.7 Å². The molecule has 172 valence electrons. The van der Waals surface area contributed by atoms with E-state index in [9.17, 15) is 22.4 Å². The number of rotatable bonds is 13. The lowest BCUT2D eigenvalue weighted by molar-refractivity contribution is -0.118. The molecule has 8 nitrogen and oxygen atoms in total. The van der Waals surface area contributed by atoms with Gasteiger partial charge in [0, 0.05) is 12.6 Å². The third-order valence-corrected chi connectivity index (χ3v) is 6.94. The van der Waals surface area contributed by atoms with Crippen molar-refractivity contribution >= 4 is 22.0 Å². The predicted molar refractivity (Wildman–Crippen MR) is 114 cm³/mol. The quantitative estimate of drug-likeness (QED) is 0.352. The Bertz CT molecular complexity index is 904. The molecule has 3 amide bonds. The molecule has 2 fully saturated rings. The van der Waals surface area contributed by atoms with Crippen LogP contribution in [0.5, 0.6) is 5.75 Å². The molecule has 0 unspecified atom stereocenters. The zero-order valence-electron chi connectivity index (χ0n) is 17.7. The van der Waals surface area contributed by atoms with Crippen LogP contribution in [0.2, 0.25) is 0 Å². The molecule has 0 radical (unpaired) electrons.